The Morgan fingerprint density at radius 1 is 1.54 bits per heavy atom. The molecule has 2 rings (SSSR count). The third-order valence-corrected chi connectivity index (χ3v) is 2.12. The van der Waals surface area contributed by atoms with E-state index in [1.165, 1.54) is 0 Å². The van der Waals surface area contributed by atoms with Gasteiger partial charge in [0.2, 0.25) is 0 Å². The van der Waals surface area contributed by atoms with Gasteiger partial charge in [-0.25, -0.2) is 4.79 Å². The standard InChI is InChI=1S/C9H10N2O2/c12-9(13)7-5-10-3-1-6-2-4-11-8(6)7/h2,4-5,10-11H,1,3H2,(H,12,13). The Bertz CT molecular complexity index is 365. The van der Waals surface area contributed by atoms with Gasteiger partial charge in [0.15, 0.2) is 0 Å². The van der Waals surface area contributed by atoms with Crippen LogP contribution in [0.1, 0.15) is 11.3 Å². The van der Waals surface area contributed by atoms with Crippen LogP contribution in [-0.4, -0.2) is 22.6 Å². The number of hydrogen-bond donors (Lipinski definition) is 3. The summed E-state index contributed by atoms with van der Waals surface area (Å²) in [6.45, 7) is 0.779. The SMILES string of the molecule is O=C(O)C1=CNCCc2cc[nH]c21. The van der Waals surface area contributed by atoms with Gasteiger partial charge in [-0.05, 0) is 18.1 Å². The Morgan fingerprint density at radius 2 is 2.38 bits per heavy atom. The predicted octanol–water partition coefficient (Wildman–Crippen LogP) is 0.586. The maximum Gasteiger partial charge on any atom is 0.339 e. The summed E-state index contributed by atoms with van der Waals surface area (Å²) in [6.07, 6.45) is 4.17. The molecule has 0 radical (unpaired) electrons. The number of carboxylic acids is 1. The molecule has 4 nitrogen and oxygen atoms in total. The number of nitrogens with one attached hydrogen (secondary N) is 2. The van der Waals surface area contributed by atoms with Gasteiger partial charge in [0, 0.05) is 18.9 Å². The lowest BCUT2D eigenvalue weighted by Crippen LogP contribution is -2.08. The smallest absolute Gasteiger partial charge is 0.339 e. The molecule has 1 aliphatic rings. The second-order valence-electron chi connectivity index (χ2n) is 2.95. The molecule has 68 valence electrons. The van der Waals surface area contributed by atoms with E-state index in [0.717, 1.165) is 24.2 Å². The molecule has 1 aromatic rings. The van der Waals surface area contributed by atoms with E-state index in [1.54, 1.807) is 12.4 Å². The van der Waals surface area contributed by atoms with Crippen LogP contribution in [0.5, 0.6) is 0 Å². The van der Waals surface area contributed by atoms with Crippen molar-refractivity contribution in [1.29, 1.82) is 0 Å². The van der Waals surface area contributed by atoms with E-state index in [0.29, 0.717) is 5.57 Å². The number of hydrogen-bond acceptors (Lipinski definition) is 2. The Hall–Kier alpha value is -1.71. The van der Waals surface area contributed by atoms with Crippen molar-refractivity contribution in [2.45, 2.75) is 6.42 Å². The van der Waals surface area contributed by atoms with Gasteiger partial charge in [-0.3, -0.25) is 0 Å². The number of carbonyl (C=O) groups is 1. The quantitative estimate of drug-likeness (QED) is 0.589. The number of aromatic nitrogens is 1. The van der Waals surface area contributed by atoms with Crippen molar-refractivity contribution in [1.82, 2.24) is 10.3 Å². The Kier molecular flexibility index (Phi) is 1.81. The number of aromatic amines is 1. The molecule has 1 aliphatic heterocycles. The second kappa shape index (κ2) is 2.97. The first-order valence-electron chi connectivity index (χ1n) is 4.12. The average Bonchev–Trinajstić information content (AvgIpc) is 2.44. The summed E-state index contributed by atoms with van der Waals surface area (Å²) in [5.41, 5.74) is 2.08. The second-order valence-corrected chi connectivity index (χ2v) is 2.95. The van der Waals surface area contributed by atoms with Gasteiger partial charge >= 0.3 is 5.97 Å². The molecule has 4 heteroatoms. The van der Waals surface area contributed by atoms with Crippen LogP contribution in [0.15, 0.2) is 18.5 Å². The molecular weight excluding hydrogens is 168 g/mol. The van der Waals surface area contributed by atoms with Crippen LogP contribution >= 0.6 is 0 Å². The fourth-order valence-corrected chi connectivity index (χ4v) is 1.48. The highest BCUT2D eigenvalue weighted by Crippen LogP contribution is 2.19. The van der Waals surface area contributed by atoms with Crippen molar-refractivity contribution in [2.24, 2.45) is 0 Å². The van der Waals surface area contributed by atoms with E-state index >= 15 is 0 Å². The van der Waals surface area contributed by atoms with Gasteiger partial charge in [-0.1, -0.05) is 0 Å². The molecule has 0 bridgehead atoms. The first kappa shape index (κ1) is 7.91. The highest BCUT2D eigenvalue weighted by Gasteiger charge is 2.17. The molecule has 0 unspecified atom stereocenters. The number of fused-ring (bicyclic) bond motifs is 1. The summed E-state index contributed by atoms with van der Waals surface area (Å²) in [7, 11) is 0. The van der Waals surface area contributed by atoms with Gasteiger partial charge in [0.05, 0.1) is 11.3 Å². The average molecular weight is 178 g/mol. The molecule has 13 heavy (non-hydrogen) atoms. The minimum atomic E-state index is -0.905. The lowest BCUT2D eigenvalue weighted by atomic mass is 10.1. The molecule has 2 heterocycles. The van der Waals surface area contributed by atoms with Crippen molar-refractivity contribution in [3.05, 3.63) is 29.7 Å². The molecule has 0 atom stereocenters. The van der Waals surface area contributed by atoms with Crippen molar-refractivity contribution in [2.75, 3.05) is 6.54 Å². The number of carboxylic acid groups (broad SMARTS) is 1. The van der Waals surface area contributed by atoms with Crippen LogP contribution in [0.2, 0.25) is 0 Å². The first-order valence-corrected chi connectivity index (χ1v) is 4.12. The predicted molar refractivity (Wildman–Crippen MR) is 48.1 cm³/mol. The van der Waals surface area contributed by atoms with Crippen LogP contribution in [0, 0.1) is 0 Å². The van der Waals surface area contributed by atoms with Gasteiger partial charge < -0.3 is 15.4 Å². The van der Waals surface area contributed by atoms with Crippen LogP contribution in [-0.2, 0) is 11.2 Å². The zero-order chi connectivity index (χ0) is 9.26. The van der Waals surface area contributed by atoms with Crippen LogP contribution < -0.4 is 5.32 Å². The molecule has 1 aromatic heterocycles. The summed E-state index contributed by atoms with van der Waals surface area (Å²) in [5, 5.41) is 11.8. The highest BCUT2D eigenvalue weighted by atomic mass is 16.4. The molecule has 0 aromatic carbocycles. The molecule has 0 spiro atoms. The van der Waals surface area contributed by atoms with Crippen molar-refractivity contribution < 1.29 is 9.90 Å². The van der Waals surface area contributed by atoms with E-state index < -0.39 is 5.97 Å². The summed E-state index contributed by atoms with van der Waals surface area (Å²) < 4.78 is 0. The van der Waals surface area contributed by atoms with Gasteiger partial charge in [-0.2, -0.15) is 0 Å². The molecule has 3 N–H and O–H groups in total. The van der Waals surface area contributed by atoms with Gasteiger partial charge in [-0.15, -0.1) is 0 Å². The summed E-state index contributed by atoms with van der Waals surface area (Å²) in [6, 6.07) is 1.92. The third kappa shape index (κ3) is 1.30. The number of H-pyrrole nitrogens is 1. The third-order valence-electron chi connectivity index (χ3n) is 2.12. The Balaban J connectivity index is 2.49. The molecular formula is C9H10N2O2. The Morgan fingerprint density at radius 3 is 3.15 bits per heavy atom. The fourth-order valence-electron chi connectivity index (χ4n) is 1.48. The monoisotopic (exact) mass is 178 g/mol. The molecule has 0 fully saturated rings. The molecule has 0 amide bonds. The van der Waals surface area contributed by atoms with Gasteiger partial charge in [0.1, 0.15) is 0 Å². The molecule has 0 saturated heterocycles. The largest absolute Gasteiger partial charge is 0.478 e. The highest BCUT2D eigenvalue weighted by molar-refractivity contribution is 6.15. The topological polar surface area (TPSA) is 65.1 Å². The van der Waals surface area contributed by atoms with Crippen molar-refractivity contribution in [3.8, 4) is 0 Å². The summed E-state index contributed by atoms with van der Waals surface area (Å²) >= 11 is 0. The minimum Gasteiger partial charge on any atom is -0.478 e. The van der Waals surface area contributed by atoms with E-state index in [2.05, 4.69) is 10.3 Å². The van der Waals surface area contributed by atoms with Crippen LogP contribution in [0.4, 0.5) is 0 Å². The van der Waals surface area contributed by atoms with Gasteiger partial charge in [0.25, 0.3) is 0 Å². The zero-order valence-corrected chi connectivity index (χ0v) is 7.00. The lowest BCUT2D eigenvalue weighted by molar-refractivity contribution is -0.130. The van der Waals surface area contributed by atoms with E-state index in [4.69, 9.17) is 5.11 Å². The van der Waals surface area contributed by atoms with Crippen molar-refractivity contribution in [3.63, 3.8) is 0 Å². The van der Waals surface area contributed by atoms with E-state index in [1.807, 2.05) is 6.07 Å². The first-order chi connectivity index (χ1) is 6.29. The molecule has 0 aliphatic carbocycles. The van der Waals surface area contributed by atoms with Crippen molar-refractivity contribution >= 4 is 11.5 Å². The van der Waals surface area contributed by atoms with Crippen LogP contribution in [0.3, 0.4) is 0 Å². The Labute approximate surface area is 75.3 Å². The molecule has 0 saturated carbocycles. The van der Waals surface area contributed by atoms with E-state index in [-0.39, 0.29) is 0 Å². The number of rotatable bonds is 1. The fraction of sp³-hybridized carbons (Fsp3) is 0.222. The number of aliphatic carboxylic acids is 1. The lowest BCUT2D eigenvalue weighted by Gasteiger charge is -1.98. The normalized spacial score (nSPS) is 15.2. The maximum absolute atomic E-state index is 10.8. The van der Waals surface area contributed by atoms with Crippen LogP contribution in [0.25, 0.3) is 5.57 Å². The minimum absolute atomic E-state index is 0.303. The summed E-state index contributed by atoms with van der Waals surface area (Å²) in [5.74, 6) is -0.905. The maximum atomic E-state index is 10.8. The summed E-state index contributed by atoms with van der Waals surface area (Å²) in [4.78, 5) is 13.8. The van der Waals surface area contributed by atoms with E-state index in [9.17, 15) is 4.79 Å². The zero-order valence-electron chi connectivity index (χ0n) is 7.00.